The molecule has 0 unspecified atom stereocenters. The van der Waals surface area contributed by atoms with E-state index < -0.39 is 0 Å². The summed E-state index contributed by atoms with van der Waals surface area (Å²) in [5, 5.41) is 11.0. The van der Waals surface area contributed by atoms with Crippen LogP contribution in [-0.4, -0.2) is 17.6 Å². The first-order valence-corrected chi connectivity index (χ1v) is 7.44. The van der Waals surface area contributed by atoms with Gasteiger partial charge in [-0.3, -0.25) is 4.79 Å². The number of phenolic OH excluding ortho intramolecular Hbond substituents is 1. The van der Waals surface area contributed by atoms with Crippen molar-refractivity contribution in [1.82, 2.24) is 0 Å². The third-order valence-electron chi connectivity index (χ3n) is 3.00. The van der Waals surface area contributed by atoms with Crippen molar-refractivity contribution in [3.05, 3.63) is 46.6 Å². The fourth-order valence-corrected chi connectivity index (χ4v) is 3.31. The minimum absolute atomic E-state index is 0.0890. The predicted octanol–water partition coefficient (Wildman–Crippen LogP) is 3.74. The second-order valence-corrected chi connectivity index (χ2v) is 5.68. The highest BCUT2D eigenvalue weighted by Gasteiger charge is 2.13. The molecule has 0 saturated carbocycles. The fraction of sp³-hybridized carbons (Fsp3) is 0.133. The molecule has 5 heteroatoms. The zero-order valence-electron chi connectivity index (χ0n) is 10.4. The second kappa shape index (κ2) is 5.31. The van der Waals surface area contributed by atoms with Crippen LogP contribution in [0.3, 0.4) is 0 Å². The summed E-state index contributed by atoms with van der Waals surface area (Å²) in [5.74, 6) is 0.893. The molecule has 2 aromatic carbocycles. The molecule has 0 amide bonds. The maximum absolute atomic E-state index is 12.6. The molecule has 20 heavy (non-hydrogen) atoms. The van der Waals surface area contributed by atoms with Crippen molar-refractivity contribution in [2.24, 2.45) is 0 Å². The highest BCUT2D eigenvalue weighted by molar-refractivity contribution is 7.24. The van der Waals surface area contributed by atoms with Crippen molar-refractivity contribution >= 4 is 43.1 Å². The molecular weight excluding hydrogens is 296 g/mol. The SMILES string of the molecule is O=c1c2ccccc2sc2c(O)ccc(OCCCl)c12. The molecule has 0 spiro atoms. The van der Waals surface area contributed by atoms with Crippen molar-refractivity contribution in [2.45, 2.75) is 0 Å². The van der Waals surface area contributed by atoms with Crippen molar-refractivity contribution in [3.63, 3.8) is 0 Å². The zero-order chi connectivity index (χ0) is 14.1. The van der Waals surface area contributed by atoms with Crippen molar-refractivity contribution in [3.8, 4) is 11.5 Å². The number of hydrogen-bond acceptors (Lipinski definition) is 4. The number of rotatable bonds is 3. The van der Waals surface area contributed by atoms with Crippen molar-refractivity contribution in [2.75, 3.05) is 12.5 Å². The number of ether oxygens (including phenoxy) is 1. The van der Waals surface area contributed by atoms with Crippen LogP contribution in [0.1, 0.15) is 0 Å². The van der Waals surface area contributed by atoms with Gasteiger partial charge in [0.25, 0.3) is 0 Å². The van der Waals surface area contributed by atoms with Gasteiger partial charge in [0.15, 0.2) is 5.43 Å². The lowest BCUT2D eigenvalue weighted by Gasteiger charge is -2.09. The van der Waals surface area contributed by atoms with Crippen LogP contribution >= 0.6 is 22.9 Å². The van der Waals surface area contributed by atoms with Gasteiger partial charge >= 0.3 is 0 Å². The number of alkyl halides is 1. The molecule has 0 radical (unpaired) electrons. The Morgan fingerprint density at radius 1 is 1.20 bits per heavy atom. The van der Waals surface area contributed by atoms with E-state index in [-0.39, 0.29) is 11.2 Å². The molecule has 3 rings (SSSR count). The Bertz CT molecular complexity index is 842. The van der Waals surface area contributed by atoms with E-state index in [0.29, 0.717) is 33.7 Å². The number of hydrogen-bond donors (Lipinski definition) is 1. The third-order valence-corrected chi connectivity index (χ3v) is 4.35. The molecule has 0 saturated heterocycles. The van der Waals surface area contributed by atoms with E-state index in [0.717, 1.165) is 4.70 Å². The average Bonchev–Trinajstić information content (AvgIpc) is 2.47. The maximum atomic E-state index is 12.6. The van der Waals surface area contributed by atoms with Gasteiger partial charge in [-0.1, -0.05) is 12.1 Å². The Hall–Kier alpha value is -1.78. The van der Waals surface area contributed by atoms with Crippen LogP contribution in [0.5, 0.6) is 11.5 Å². The van der Waals surface area contributed by atoms with Crippen molar-refractivity contribution in [1.29, 1.82) is 0 Å². The van der Waals surface area contributed by atoms with E-state index in [4.69, 9.17) is 16.3 Å². The van der Waals surface area contributed by atoms with Gasteiger partial charge in [-0.2, -0.15) is 0 Å². The second-order valence-electron chi connectivity index (χ2n) is 4.25. The summed E-state index contributed by atoms with van der Waals surface area (Å²) in [4.78, 5) is 12.6. The first kappa shape index (κ1) is 13.2. The number of benzene rings is 2. The predicted molar refractivity (Wildman–Crippen MR) is 83.5 cm³/mol. The summed E-state index contributed by atoms with van der Waals surface area (Å²) in [6.45, 7) is 0.318. The first-order valence-electron chi connectivity index (χ1n) is 6.08. The quantitative estimate of drug-likeness (QED) is 0.592. The highest BCUT2D eigenvalue weighted by Crippen LogP contribution is 2.36. The van der Waals surface area contributed by atoms with Crippen LogP contribution in [0.2, 0.25) is 0 Å². The summed E-state index contributed by atoms with van der Waals surface area (Å²) in [6, 6.07) is 10.5. The Morgan fingerprint density at radius 3 is 2.80 bits per heavy atom. The molecular formula is C15H11ClO3S. The van der Waals surface area contributed by atoms with Gasteiger partial charge in [0.05, 0.1) is 16.0 Å². The Kier molecular flexibility index (Phi) is 3.51. The molecule has 0 atom stereocenters. The molecule has 1 N–H and O–H groups in total. The van der Waals surface area contributed by atoms with Gasteiger partial charge < -0.3 is 9.84 Å². The Morgan fingerprint density at radius 2 is 2.00 bits per heavy atom. The molecule has 0 fully saturated rings. The topological polar surface area (TPSA) is 46.5 Å². The fourth-order valence-electron chi connectivity index (χ4n) is 2.13. The molecule has 0 aliphatic carbocycles. The van der Waals surface area contributed by atoms with E-state index in [1.807, 2.05) is 18.2 Å². The standard InChI is InChI=1S/C15H11ClO3S/c16-7-8-19-11-6-5-10(17)15-13(11)14(18)9-3-1-2-4-12(9)20-15/h1-6,17H,7-8H2. The minimum Gasteiger partial charge on any atom is -0.506 e. The molecule has 1 heterocycles. The van der Waals surface area contributed by atoms with Crippen LogP contribution in [0.25, 0.3) is 20.2 Å². The molecule has 1 aromatic heterocycles. The van der Waals surface area contributed by atoms with Crippen LogP contribution < -0.4 is 10.2 Å². The lowest BCUT2D eigenvalue weighted by atomic mass is 10.1. The smallest absolute Gasteiger partial charge is 0.199 e. The minimum atomic E-state index is -0.130. The van der Waals surface area contributed by atoms with E-state index >= 15 is 0 Å². The Labute approximate surface area is 124 Å². The third kappa shape index (κ3) is 2.11. The maximum Gasteiger partial charge on any atom is 0.199 e. The largest absolute Gasteiger partial charge is 0.506 e. The van der Waals surface area contributed by atoms with E-state index in [1.54, 1.807) is 12.1 Å². The van der Waals surface area contributed by atoms with Crippen LogP contribution in [-0.2, 0) is 0 Å². The molecule has 102 valence electrons. The van der Waals surface area contributed by atoms with Crippen LogP contribution in [0.15, 0.2) is 41.2 Å². The molecule has 3 aromatic rings. The van der Waals surface area contributed by atoms with Crippen LogP contribution in [0, 0.1) is 0 Å². The van der Waals surface area contributed by atoms with E-state index in [2.05, 4.69) is 0 Å². The summed E-state index contributed by atoms with van der Waals surface area (Å²) >= 11 is 7.00. The van der Waals surface area contributed by atoms with Gasteiger partial charge in [-0.05, 0) is 24.3 Å². The van der Waals surface area contributed by atoms with Gasteiger partial charge in [0.2, 0.25) is 0 Å². The van der Waals surface area contributed by atoms with Gasteiger partial charge in [-0.15, -0.1) is 22.9 Å². The lowest BCUT2D eigenvalue weighted by Crippen LogP contribution is -2.06. The van der Waals surface area contributed by atoms with Gasteiger partial charge in [0, 0.05) is 10.1 Å². The summed E-state index contributed by atoms with van der Waals surface area (Å²) in [5.41, 5.74) is -0.130. The zero-order valence-corrected chi connectivity index (χ0v) is 12.0. The van der Waals surface area contributed by atoms with Gasteiger partial charge in [-0.25, -0.2) is 0 Å². The highest BCUT2D eigenvalue weighted by atomic mass is 35.5. The van der Waals surface area contributed by atoms with Gasteiger partial charge in [0.1, 0.15) is 18.1 Å². The molecule has 3 nitrogen and oxygen atoms in total. The molecule has 0 aliphatic rings. The average molecular weight is 307 g/mol. The van der Waals surface area contributed by atoms with Crippen LogP contribution in [0.4, 0.5) is 0 Å². The summed E-state index contributed by atoms with van der Waals surface area (Å²) in [7, 11) is 0. The first-order chi connectivity index (χ1) is 9.72. The van der Waals surface area contributed by atoms with Crippen molar-refractivity contribution < 1.29 is 9.84 Å². The number of fused-ring (bicyclic) bond motifs is 2. The monoisotopic (exact) mass is 306 g/mol. The number of halogens is 1. The number of aromatic hydroxyl groups is 1. The summed E-state index contributed by atoms with van der Waals surface area (Å²) < 4.78 is 6.90. The Balaban J connectivity index is 2.41. The normalized spacial score (nSPS) is 11.1. The number of phenols is 1. The van der Waals surface area contributed by atoms with E-state index in [9.17, 15) is 9.90 Å². The summed E-state index contributed by atoms with van der Waals surface area (Å²) in [6.07, 6.45) is 0. The molecule has 0 aliphatic heterocycles. The molecule has 0 bridgehead atoms. The lowest BCUT2D eigenvalue weighted by molar-refractivity contribution is 0.346. The van der Waals surface area contributed by atoms with E-state index in [1.165, 1.54) is 17.4 Å².